The third-order valence-corrected chi connectivity index (χ3v) is 1.99. The highest BCUT2D eigenvalue weighted by Gasteiger charge is 2.03. The zero-order valence-electron chi connectivity index (χ0n) is 8.34. The Morgan fingerprint density at radius 1 is 1.57 bits per heavy atom. The standard InChI is InChI=1S/C11H13FN2/c1-8-7-10(12)3-4-11(8)14-9(2)5-6-13/h3-4,7,9,14H,5H2,1-2H3. The minimum Gasteiger partial charge on any atom is -0.381 e. The highest BCUT2D eigenvalue weighted by atomic mass is 19.1. The zero-order valence-corrected chi connectivity index (χ0v) is 8.34. The van der Waals surface area contributed by atoms with Crippen molar-refractivity contribution in [2.24, 2.45) is 0 Å². The van der Waals surface area contributed by atoms with Crippen LogP contribution in [-0.4, -0.2) is 6.04 Å². The maximum Gasteiger partial charge on any atom is 0.123 e. The summed E-state index contributed by atoms with van der Waals surface area (Å²) in [7, 11) is 0. The molecule has 1 atom stereocenters. The van der Waals surface area contributed by atoms with Crippen LogP contribution in [0.2, 0.25) is 0 Å². The zero-order chi connectivity index (χ0) is 10.6. The van der Waals surface area contributed by atoms with Crippen LogP contribution in [0, 0.1) is 24.1 Å². The van der Waals surface area contributed by atoms with Gasteiger partial charge in [-0.3, -0.25) is 0 Å². The van der Waals surface area contributed by atoms with E-state index in [1.807, 2.05) is 13.8 Å². The van der Waals surface area contributed by atoms with Gasteiger partial charge in [-0.1, -0.05) is 0 Å². The molecule has 2 nitrogen and oxygen atoms in total. The summed E-state index contributed by atoms with van der Waals surface area (Å²) < 4.78 is 12.8. The lowest BCUT2D eigenvalue weighted by Gasteiger charge is -2.13. The molecule has 0 saturated carbocycles. The van der Waals surface area contributed by atoms with Crippen molar-refractivity contribution in [1.29, 1.82) is 5.26 Å². The van der Waals surface area contributed by atoms with Gasteiger partial charge in [-0.15, -0.1) is 0 Å². The van der Waals surface area contributed by atoms with Gasteiger partial charge < -0.3 is 5.32 Å². The van der Waals surface area contributed by atoms with Crippen LogP contribution in [0.5, 0.6) is 0 Å². The number of halogens is 1. The fraction of sp³-hybridized carbons (Fsp3) is 0.364. The minimum absolute atomic E-state index is 0.0872. The largest absolute Gasteiger partial charge is 0.381 e. The maximum absolute atomic E-state index is 12.8. The van der Waals surface area contributed by atoms with E-state index in [1.165, 1.54) is 12.1 Å². The fourth-order valence-electron chi connectivity index (χ4n) is 1.24. The van der Waals surface area contributed by atoms with Crippen LogP contribution >= 0.6 is 0 Å². The number of nitrogens with zero attached hydrogens (tertiary/aromatic N) is 1. The summed E-state index contributed by atoms with van der Waals surface area (Å²) in [5.41, 5.74) is 1.74. The predicted octanol–water partition coefficient (Wildman–Crippen LogP) is 2.85. The Bertz CT molecular complexity index is 355. The molecule has 0 saturated heterocycles. The molecule has 0 radical (unpaired) electrons. The van der Waals surface area contributed by atoms with Crippen LogP contribution < -0.4 is 5.32 Å². The van der Waals surface area contributed by atoms with E-state index in [4.69, 9.17) is 5.26 Å². The van der Waals surface area contributed by atoms with Crippen molar-refractivity contribution in [2.45, 2.75) is 26.3 Å². The second kappa shape index (κ2) is 4.61. The molecule has 1 N–H and O–H groups in total. The Morgan fingerprint density at radius 2 is 2.29 bits per heavy atom. The van der Waals surface area contributed by atoms with Crippen molar-refractivity contribution in [3.05, 3.63) is 29.6 Å². The van der Waals surface area contributed by atoms with E-state index in [2.05, 4.69) is 11.4 Å². The molecule has 1 aromatic rings. The molecule has 0 aliphatic rings. The van der Waals surface area contributed by atoms with Gasteiger partial charge in [0.1, 0.15) is 5.82 Å². The van der Waals surface area contributed by atoms with Gasteiger partial charge in [0.25, 0.3) is 0 Å². The van der Waals surface area contributed by atoms with Gasteiger partial charge in [0.15, 0.2) is 0 Å². The summed E-state index contributed by atoms with van der Waals surface area (Å²) in [5.74, 6) is -0.235. The van der Waals surface area contributed by atoms with Crippen molar-refractivity contribution in [3.63, 3.8) is 0 Å². The maximum atomic E-state index is 12.8. The topological polar surface area (TPSA) is 35.8 Å². The Labute approximate surface area is 83.4 Å². The first-order chi connectivity index (χ1) is 6.63. The highest BCUT2D eigenvalue weighted by Crippen LogP contribution is 2.16. The molecule has 3 heteroatoms. The highest BCUT2D eigenvalue weighted by molar-refractivity contribution is 5.51. The van der Waals surface area contributed by atoms with Crippen molar-refractivity contribution in [1.82, 2.24) is 0 Å². The monoisotopic (exact) mass is 192 g/mol. The Balaban J connectivity index is 2.73. The normalized spacial score (nSPS) is 11.9. The van der Waals surface area contributed by atoms with Crippen LogP contribution in [0.4, 0.5) is 10.1 Å². The van der Waals surface area contributed by atoms with Crippen molar-refractivity contribution >= 4 is 5.69 Å². The molecule has 0 aromatic heterocycles. The number of hydrogen-bond donors (Lipinski definition) is 1. The van der Waals surface area contributed by atoms with E-state index < -0.39 is 0 Å². The average molecular weight is 192 g/mol. The van der Waals surface area contributed by atoms with Gasteiger partial charge in [0.2, 0.25) is 0 Å². The number of aryl methyl sites for hydroxylation is 1. The third-order valence-electron chi connectivity index (χ3n) is 1.99. The Hall–Kier alpha value is -1.56. The van der Waals surface area contributed by atoms with E-state index in [-0.39, 0.29) is 11.9 Å². The molecule has 1 unspecified atom stereocenters. The van der Waals surface area contributed by atoms with E-state index in [1.54, 1.807) is 6.07 Å². The second-order valence-electron chi connectivity index (χ2n) is 3.37. The number of benzene rings is 1. The van der Waals surface area contributed by atoms with Gasteiger partial charge in [0, 0.05) is 11.7 Å². The number of anilines is 1. The lowest BCUT2D eigenvalue weighted by molar-refractivity contribution is 0.626. The molecule has 0 aliphatic heterocycles. The van der Waals surface area contributed by atoms with Gasteiger partial charge in [0.05, 0.1) is 12.5 Å². The summed E-state index contributed by atoms with van der Waals surface area (Å²) in [6, 6.07) is 6.75. The number of nitrogens with one attached hydrogen (secondary N) is 1. The van der Waals surface area contributed by atoms with Gasteiger partial charge in [-0.25, -0.2) is 4.39 Å². The molecule has 1 rings (SSSR count). The number of hydrogen-bond acceptors (Lipinski definition) is 2. The Morgan fingerprint density at radius 3 is 2.86 bits per heavy atom. The smallest absolute Gasteiger partial charge is 0.123 e. The molecular weight excluding hydrogens is 179 g/mol. The second-order valence-corrected chi connectivity index (χ2v) is 3.37. The van der Waals surface area contributed by atoms with Gasteiger partial charge >= 0.3 is 0 Å². The third kappa shape index (κ3) is 2.74. The molecule has 0 fully saturated rings. The van der Waals surface area contributed by atoms with Crippen LogP contribution in [0.25, 0.3) is 0 Å². The van der Waals surface area contributed by atoms with Crippen LogP contribution in [0.15, 0.2) is 18.2 Å². The molecule has 0 bridgehead atoms. The molecule has 0 aliphatic carbocycles. The van der Waals surface area contributed by atoms with Crippen LogP contribution in [0.3, 0.4) is 0 Å². The quantitative estimate of drug-likeness (QED) is 0.799. The van der Waals surface area contributed by atoms with Crippen LogP contribution in [0.1, 0.15) is 18.9 Å². The average Bonchev–Trinajstić information content (AvgIpc) is 2.10. The molecule has 0 heterocycles. The number of nitriles is 1. The van der Waals surface area contributed by atoms with Crippen LogP contribution in [-0.2, 0) is 0 Å². The van der Waals surface area contributed by atoms with Gasteiger partial charge in [-0.2, -0.15) is 5.26 Å². The van der Waals surface area contributed by atoms with E-state index in [0.29, 0.717) is 6.42 Å². The summed E-state index contributed by atoms with van der Waals surface area (Å²) in [5, 5.41) is 11.6. The van der Waals surface area contributed by atoms with Crippen molar-refractivity contribution in [2.75, 3.05) is 5.32 Å². The molecule has 0 spiro atoms. The lowest BCUT2D eigenvalue weighted by atomic mass is 10.1. The van der Waals surface area contributed by atoms with Crippen molar-refractivity contribution < 1.29 is 4.39 Å². The molecule has 74 valence electrons. The summed E-state index contributed by atoms with van der Waals surface area (Å²) in [6.45, 7) is 3.76. The van der Waals surface area contributed by atoms with E-state index >= 15 is 0 Å². The first kappa shape index (κ1) is 10.5. The van der Waals surface area contributed by atoms with E-state index in [9.17, 15) is 4.39 Å². The SMILES string of the molecule is Cc1cc(F)ccc1NC(C)CC#N. The first-order valence-electron chi connectivity index (χ1n) is 4.53. The summed E-state index contributed by atoms with van der Waals surface area (Å²) >= 11 is 0. The minimum atomic E-state index is -0.235. The molecule has 14 heavy (non-hydrogen) atoms. The number of rotatable bonds is 3. The fourth-order valence-corrected chi connectivity index (χ4v) is 1.24. The predicted molar refractivity (Wildman–Crippen MR) is 54.5 cm³/mol. The summed E-state index contributed by atoms with van der Waals surface area (Å²) in [4.78, 5) is 0. The molecule has 1 aromatic carbocycles. The van der Waals surface area contributed by atoms with Gasteiger partial charge in [-0.05, 0) is 37.6 Å². The molecule has 0 amide bonds. The molecular formula is C11H13FN2. The summed E-state index contributed by atoms with van der Waals surface area (Å²) in [6.07, 6.45) is 0.441. The van der Waals surface area contributed by atoms with Crippen molar-refractivity contribution in [3.8, 4) is 6.07 Å². The lowest BCUT2D eigenvalue weighted by Crippen LogP contribution is -2.14. The Kier molecular flexibility index (Phi) is 3.47. The first-order valence-corrected chi connectivity index (χ1v) is 4.53. The van der Waals surface area contributed by atoms with E-state index in [0.717, 1.165) is 11.3 Å².